The molecule has 0 amide bonds. The molecule has 1 aliphatic rings. The molecule has 0 bridgehead atoms. The largest absolute Gasteiger partial charge is 0.409 e. The Hall–Kier alpha value is -0.810. The summed E-state index contributed by atoms with van der Waals surface area (Å²) in [6, 6.07) is 0. The maximum Gasteiger partial charge on any atom is 0.144 e. The lowest BCUT2D eigenvalue weighted by molar-refractivity contribution is 0.0285. The number of rotatable bonds is 6. The maximum absolute atomic E-state index is 9.84. The number of aliphatic hydroxyl groups is 1. The van der Waals surface area contributed by atoms with Crippen molar-refractivity contribution in [1.29, 1.82) is 0 Å². The standard InChI is InChI=1S/C14H29N3O2/c1-11-6-9-17(10-12(11)18)8-5-4-7-14(2,3)13(15)16-19/h11-12,18-19H,4-10H2,1-3H3,(H2,15,16). The fourth-order valence-electron chi connectivity index (χ4n) is 2.48. The molecule has 5 heteroatoms. The topological polar surface area (TPSA) is 82.1 Å². The van der Waals surface area contributed by atoms with Crippen LogP contribution >= 0.6 is 0 Å². The van der Waals surface area contributed by atoms with Gasteiger partial charge in [0.15, 0.2) is 0 Å². The number of nitrogens with zero attached hydrogens (tertiary/aromatic N) is 2. The molecular weight excluding hydrogens is 242 g/mol. The molecule has 1 fully saturated rings. The molecule has 19 heavy (non-hydrogen) atoms. The van der Waals surface area contributed by atoms with Crippen molar-refractivity contribution in [2.24, 2.45) is 22.2 Å². The van der Waals surface area contributed by atoms with E-state index in [0.717, 1.165) is 45.3 Å². The van der Waals surface area contributed by atoms with Crippen molar-refractivity contribution >= 4 is 5.84 Å². The Morgan fingerprint density at radius 1 is 1.42 bits per heavy atom. The molecule has 0 aromatic heterocycles. The normalized spacial score (nSPS) is 26.6. The third-order valence-electron chi connectivity index (χ3n) is 4.33. The van der Waals surface area contributed by atoms with Gasteiger partial charge < -0.3 is 20.9 Å². The fourth-order valence-corrected chi connectivity index (χ4v) is 2.48. The lowest BCUT2D eigenvalue weighted by atomic mass is 9.86. The molecule has 2 atom stereocenters. The number of hydrogen-bond donors (Lipinski definition) is 3. The predicted molar refractivity (Wildman–Crippen MR) is 77.3 cm³/mol. The molecule has 2 unspecified atom stereocenters. The predicted octanol–water partition coefficient (Wildman–Crippen LogP) is 1.63. The molecular formula is C14H29N3O2. The molecule has 0 radical (unpaired) electrons. The van der Waals surface area contributed by atoms with Gasteiger partial charge in [-0.15, -0.1) is 0 Å². The van der Waals surface area contributed by atoms with Crippen LogP contribution in [-0.2, 0) is 0 Å². The third-order valence-corrected chi connectivity index (χ3v) is 4.33. The highest BCUT2D eigenvalue weighted by Gasteiger charge is 2.25. The van der Waals surface area contributed by atoms with Gasteiger partial charge in [0.1, 0.15) is 5.84 Å². The molecule has 0 spiro atoms. The van der Waals surface area contributed by atoms with Gasteiger partial charge in [0.05, 0.1) is 6.10 Å². The summed E-state index contributed by atoms with van der Waals surface area (Å²) in [6.07, 6.45) is 3.95. The first kappa shape index (κ1) is 16.2. The van der Waals surface area contributed by atoms with E-state index < -0.39 is 0 Å². The van der Waals surface area contributed by atoms with Gasteiger partial charge in [0.2, 0.25) is 0 Å². The van der Waals surface area contributed by atoms with Crippen molar-refractivity contribution in [2.45, 2.75) is 52.6 Å². The molecule has 112 valence electrons. The lowest BCUT2D eigenvalue weighted by Crippen LogP contribution is -2.43. The first-order valence-electron chi connectivity index (χ1n) is 7.25. The van der Waals surface area contributed by atoms with Crippen LogP contribution in [0.3, 0.4) is 0 Å². The fraction of sp³-hybridized carbons (Fsp3) is 0.929. The maximum atomic E-state index is 9.84. The van der Waals surface area contributed by atoms with Crippen molar-refractivity contribution in [3.8, 4) is 0 Å². The Morgan fingerprint density at radius 3 is 2.68 bits per heavy atom. The minimum absolute atomic E-state index is 0.178. The summed E-state index contributed by atoms with van der Waals surface area (Å²) >= 11 is 0. The summed E-state index contributed by atoms with van der Waals surface area (Å²) in [7, 11) is 0. The molecule has 0 aromatic carbocycles. The molecule has 1 saturated heterocycles. The second-order valence-corrected chi connectivity index (χ2v) is 6.46. The zero-order valence-corrected chi connectivity index (χ0v) is 12.5. The second-order valence-electron chi connectivity index (χ2n) is 6.46. The van der Waals surface area contributed by atoms with Gasteiger partial charge in [-0.25, -0.2) is 0 Å². The van der Waals surface area contributed by atoms with Crippen LogP contribution in [0, 0.1) is 11.3 Å². The van der Waals surface area contributed by atoms with E-state index in [1.165, 1.54) is 0 Å². The van der Waals surface area contributed by atoms with Crippen LogP contribution in [-0.4, -0.2) is 46.8 Å². The van der Waals surface area contributed by atoms with E-state index in [0.29, 0.717) is 11.8 Å². The van der Waals surface area contributed by atoms with Crippen molar-refractivity contribution < 1.29 is 10.3 Å². The summed E-state index contributed by atoms with van der Waals surface area (Å²) in [5.41, 5.74) is 5.42. The smallest absolute Gasteiger partial charge is 0.144 e. The molecule has 5 nitrogen and oxygen atoms in total. The number of piperidine rings is 1. The number of hydrogen-bond acceptors (Lipinski definition) is 4. The summed E-state index contributed by atoms with van der Waals surface area (Å²) in [6.45, 7) is 9.01. The average molecular weight is 271 g/mol. The van der Waals surface area contributed by atoms with Gasteiger partial charge in [0, 0.05) is 12.0 Å². The van der Waals surface area contributed by atoms with Crippen molar-refractivity contribution in [3.05, 3.63) is 0 Å². The molecule has 0 saturated carbocycles. The monoisotopic (exact) mass is 271 g/mol. The molecule has 0 aromatic rings. The van der Waals surface area contributed by atoms with Crippen molar-refractivity contribution in [2.75, 3.05) is 19.6 Å². The number of aliphatic hydroxyl groups excluding tert-OH is 1. The number of likely N-dealkylation sites (tertiary alicyclic amines) is 1. The highest BCUT2D eigenvalue weighted by Crippen LogP contribution is 2.24. The van der Waals surface area contributed by atoms with Gasteiger partial charge >= 0.3 is 0 Å². The Balaban J connectivity index is 2.21. The first-order valence-corrected chi connectivity index (χ1v) is 7.25. The minimum Gasteiger partial charge on any atom is -0.409 e. The van der Waals surface area contributed by atoms with Gasteiger partial charge in [-0.1, -0.05) is 32.3 Å². The second kappa shape index (κ2) is 7.10. The Morgan fingerprint density at radius 2 is 2.11 bits per heavy atom. The molecule has 1 rings (SSSR count). The van der Waals surface area contributed by atoms with E-state index in [-0.39, 0.29) is 11.5 Å². The zero-order valence-electron chi connectivity index (χ0n) is 12.5. The van der Waals surface area contributed by atoms with Crippen molar-refractivity contribution in [1.82, 2.24) is 4.90 Å². The van der Waals surface area contributed by atoms with E-state index in [9.17, 15) is 5.11 Å². The van der Waals surface area contributed by atoms with Gasteiger partial charge in [-0.2, -0.15) is 0 Å². The Kier molecular flexibility index (Phi) is 6.07. The number of unbranched alkanes of at least 4 members (excludes halogenated alkanes) is 1. The van der Waals surface area contributed by atoms with Crippen LogP contribution in [0.15, 0.2) is 5.16 Å². The van der Waals surface area contributed by atoms with E-state index in [1.54, 1.807) is 0 Å². The van der Waals surface area contributed by atoms with Gasteiger partial charge in [-0.05, 0) is 38.3 Å². The molecule has 0 aliphatic carbocycles. The summed E-state index contributed by atoms with van der Waals surface area (Å²) < 4.78 is 0. The first-order chi connectivity index (χ1) is 8.86. The minimum atomic E-state index is -0.245. The van der Waals surface area contributed by atoms with Gasteiger partial charge in [-0.3, -0.25) is 0 Å². The van der Waals surface area contributed by atoms with Crippen LogP contribution in [0.1, 0.15) is 46.5 Å². The summed E-state index contributed by atoms with van der Waals surface area (Å²) in [5, 5.41) is 21.6. The summed E-state index contributed by atoms with van der Waals surface area (Å²) in [4.78, 5) is 2.33. The van der Waals surface area contributed by atoms with E-state index >= 15 is 0 Å². The molecule has 1 aliphatic heterocycles. The lowest BCUT2D eigenvalue weighted by Gasteiger charge is -2.34. The Bertz CT molecular complexity index is 305. The van der Waals surface area contributed by atoms with Crippen LogP contribution < -0.4 is 5.73 Å². The summed E-state index contributed by atoms with van der Waals surface area (Å²) in [5.74, 6) is 0.727. The van der Waals surface area contributed by atoms with Crippen LogP contribution in [0.5, 0.6) is 0 Å². The number of oxime groups is 1. The highest BCUT2D eigenvalue weighted by atomic mass is 16.4. The molecule has 1 heterocycles. The average Bonchev–Trinajstić information content (AvgIpc) is 2.37. The van der Waals surface area contributed by atoms with Crippen LogP contribution in [0.4, 0.5) is 0 Å². The number of β-amino-alcohol motifs (C(OH)–C–C–N with tert-alkyl or cyclic N) is 1. The van der Waals surface area contributed by atoms with E-state index in [2.05, 4.69) is 17.0 Å². The van der Waals surface area contributed by atoms with Crippen molar-refractivity contribution in [3.63, 3.8) is 0 Å². The van der Waals surface area contributed by atoms with Crippen LogP contribution in [0.25, 0.3) is 0 Å². The number of amidine groups is 1. The van der Waals surface area contributed by atoms with E-state index in [4.69, 9.17) is 10.9 Å². The quantitative estimate of drug-likeness (QED) is 0.225. The van der Waals surface area contributed by atoms with E-state index in [1.807, 2.05) is 13.8 Å². The molecule has 4 N–H and O–H groups in total. The number of nitrogens with two attached hydrogens (primary N) is 1. The van der Waals surface area contributed by atoms with Crippen LogP contribution in [0.2, 0.25) is 0 Å². The highest BCUT2D eigenvalue weighted by molar-refractivity contribution is 5.85. The Labute approximate surface area is 116 Å². The van der Waals surface area contributed by atoms with Gasteiger partial charge in [0.25, 0.3) is 0 Å². The third kappa shape index (κ3) is 4.99. The SMILES string of the molecule is CC1CCN(CCCCC(C)(C)C(N)=NO)CC1O. The zero-order chi connectivity index (χ0) is 14.5.